The lowest BCUT2D eigenvalue weighted by molar-refractivity contribution is -0.146. The van der Waals surface area contributed by atoms with Gasteiger partial charge in [-0.05, 0) is 0 Å². The van der Waals surface area contributed by atoms with Crippen LogP contribution in [-0.4, -0.2) is 62.0 Å². The van der Waals surface area contributed by atoms with Crippen molar-refractivity contribution < 1.29 is 14.3 Å². The first kappa shape index (κ1) is 12.0. The summed E-state index contributed by atoms with van der Waals surface area (Å²) in [6.07, 6.45) is 0. The monoisotopic (exact) mass is 214 g/mol. The molecule has 0 radical (unpaired) electrons. The van der Waals surface area contributed by atoms with Crippen LogP contribution in [0.15, 0.2) is 0 Å². The average molecular weight is 214 g/mol. The average Bonchev–Trinajstić information content (AvgIpc) is 2.22. The van der Waals surface area contributed by atoms with E-state index in [1.54, 1.807) is 11.9 Å². The molecule has 1 fully saturated rings. The van der Waals surface area contributed by atoms with Gasteiger partial charge in [-0.25, -0.2) is 0 Å². The number of likely N-dealkylation sites (N-methyl/N-ethyl adjacent to an activating group) is 1. The van der Waals surface area contributed by atoms with Crippen molar-refractivity contribution in [1.82, 2.24) is 9.80 Å². The quantitative estimate of drug-likeness (QED) is 0.598. The Bertz CT molecular complexity index is 255. The molecule has 1 saturated heterocycles. The van der Waals surface area contributed by atoms with Gasteiger partial charge in [0.1, 0.15) is 0 Å². The Morgan fingerprint density at radius 1 is 1.53 bits per heavy atom. The number of carbonyl (C=O) groups excluding carboxylic acids is 2. The lowest BCUT2D eigenvalue weighted by Gasteiger charge is -2.32. The van der Waals surface area contributed by atoms with Crippen molar-refractivity contribution in [2.24, 2.45) is 5.92 Å². The van der Waals surface area contributed by atoms with Crippen molar-refractivity contribution in [2.75, 3.05) is 40.3 Å². The van der Waals surface area contributed by atoms with E-state index < -0.39 is 0 Å². The maximum absolute atomic E-state index is 11.4. The Kier molecular flexibility index (Phi) is 4.08. The minimum absolute atomic E-state index is 0.110. The molecule has 5 heteroatoms. The van der Waals surface area contributed by atoms with Crippen LogP contribution < -0.4 is 0 Å². The third kappa shape index (κ3) is 3.20. The highest BCUT2D eigenvalue weighted by Crippen LogP contribution is 2.06. The molecule has 1 aliphatic rings. The minimum Gasteiger partial charge on any atom is -0.469 e. The molecule has 1 heterocycles. The van der Waals surface area contributed by atoms with E-state index in [0.29, 0.717) is 13.1 Å². The van der Waals surface area contributed by atoms with Gasteiger partial charge in [0.05, 0.1) is 19.6 Å². The molecule has 1 aliphatic heterocycles. The first-order chi connectivity index (χ1) is 7.04. The van der Waals surface area contributed by atoms with Crippen LogP contribution in [0.2, 0.25) is 0 Å². The van der Waals surface area contributed by atoms with Crippen molar-refractivity contribution in [2.45, 2.75) is 6.92 Å². The zero-order chi connectivity index (χ0) is 11.4. The van der Waals surface area contributed by atoms with Gasteiger partial charge in [-0.3, -0.25) is 14.5 Å². The van der Waals surface area contributed by atoms with E-state index in [2.05, 4.69) is 4.74 Å². The summed E-state index contributed by atoms with van der Waals surface area (Å²) in [7, 11) is 3.18. The zero-order valence-electron chi connectivity index (χ0n) is 9.52. The van der Waals surface area contributed by atoms with Gasteiger partial charge >= 0.3 is 5.97 Å². The summed E-state index contributed by atoms with van der Waals surface area (Å²) in [6.45, 7) is 4.36. The summed E-state index contributed by atoms with van der Waals surface area (Å²) < 4.78 is 4.64. The van der Waals surface area contributed by atoms with Crippen molar-refractivity contribution >= 4 is 11.9 Å². The van der Waals surface area contributed by atoms with Gasteiger partial charge in [0.15, 0.2) is 0 Å². The lowest BCUT2D eigenvalue weighted by Crippen LogP contribution is -2.50. The SMILES string of the molecule is COC(=O)C(C)CN1CCN(C)C(=O)C1. The van der Waals surface area contributed by atoms with E-state index in [-0.39, 0.29) is 17.8 Å². The van der Waals surface area contributed by atoms with Crippen LogP contribution in [0, 0.1) is 5.92 Å². The summed E-state index contributed by atoms with van der Waals surface area (Å²) in [5.74, 6) is -0.286. The molecule has 0 aromatic rings. The van der Waals surface area contributed by atoms with Gasteiger partial charge in [0, 0.05) is 26.7 Å². The van der Waals surface area contributed by atoms with E-state index in [1.807, 2.05) is 11.8 Å². The van der Waals surface area contributed by atoms with Crippen molar-refractivity contribution in [3.8, 4) is 0 Å². The zero-order valence-corrected chi connectivity index (χ0v) is 9.52. The highest BCUT2D eigenvalue weighted by Gasteiger charge is 2.24. The summed E-state index contributed by atoms with van der Waals surface area (Å²) >= 11 is 0. The number of methoxy groups -OCH3 is 1. The normalized spacial score (nSPS) is 20.2. The van der Waals surface area contributed by atoms with Crippen molar-refractivity contribution in [3.63, 3.8) is 0 Å². The topological polar surface area (TPSA) is 49.9 Å². The largest absolute Gasteiger partial charge is 0.469 e. The maximum Gasteiger partial charge on any atom is 0.309 e. The first-order valence-corrected chi connectivity index (χ1v) is 5.08. The predicted octanol–water partition coefficient (Wildman–Crippen LogP) is -0.430. The summed E-state index contributed by atoms with van der Waals surface area (Å²) in [5, 5.41) is 0. The Hall–Kier alpha value is -1.10. The number of amides is 1. The van der Waals surface area contributed by atoms with Gasteiger partial charge < -0.3 is 9.64 Å². The first-order valence-electron chi connectivity index (χ1n) is 5.08. The molecule has 0 aromatic heterocycles. The van der Waals surface area contributed by atoms with E-state index in [9.17, 15) is 9.59 Å². The highest BCUT2D eigenvalue weighted by atomic mass is 16.5. The van der Waals surface area contributed by atoms with E-state index >= 15 is 0 Å². The second kappa shape index (κ2) is 5.11. The van der Waals surface area contributed by atoms with Crippen LogP contribution in [0.4, 0.5) is 0 Å². The summed E-state index contributed by atoms with van der Waals surface area (Å²) in [5.41, 5.74) is 0. The third-order valence-corrected chi connectivity index (χ3v) is 2.67. The van der Waals surface area contributed by atoms with Gasteiger partial charge in [-0.2, -0.15) is 0 Å². The van der Waals surface area contributed by atoms with Gasteiger partial charge in [-0.1, -0.05) is 6.92 Å². The molecule has 0 aromatic carbocycles. The smallest absolute Gasteiger partial charge is 0.309 e. The van der Waals surface area contributed by atoms with Crippen LogP contribution in [0.1, 0.15) is 6.92 Å². The fourth-order valence-electron chi connectivity index (χ4n) is 1.63. The Morgan fingerprint density at radius 2 is 2.20 bits per heavy atom. The highest BCUT2D eigenvalue weighted by molar-refractivity contribution is 5.79. The van der Waals surface area contributed by atoms with E-state index in [1.165, 1.54) is 7.11 Å². The van der Waals surface area contributed by atoms with Crippen LogP contribution in [0.3, 0.4) is 0 Å². The molecular formula is C10H18N2O3. The molecular weight excluding hydrogens is 196 g/mol. The van der Waals surface area contributed by atoms with Gasteiger partial charge in [-0.15, -0.1) is 0 Å². The van der Waals surface area contributed by atoms with Gasteiger partial charge in [0.25, 0.3) is 0 Å². The Labute approximate surface area is 90.0 Å². The minimum atomic E-state index is -0.221. The van der Waals surface area contributed by atoms with Crippen LogP contribution in [-0.2, 0) is 14.3 Å². The summed E-state index contributed by atoms with van der Waals surface area (Å²) in [6, 6.07) is 0. The predicted molar refractivity (Wildman–Crippen MR) is 55.3 cm³/mol. The number of ether oxygens (including phenoxy) is 1. The molecule has 0 N–H and O–H groups in total. The van der Waals surface area contributed by atoms with Crippen LogP contribution >= 0.6 is 0 Å². The fourth-order valence-corrected chi connectivity index (χ4v) is 1.63. The molecule has 86 valence electrons. The Balaban J connectivity index is 2.40. The van der Waals surface area contributed by atoms with Crippen molar-refractivity contribution in [1.29, 1.82) is 0 Å². The van der Waals surface area contributed by atoms with E-state index in [4.69, 9.17) is 0 Å². The summed E-state index contributed by atoms with van der Waals surface area (Å²) in [4.78, 5) is 26.3. The standard InChI is InChI=1S/C10H18N2O3/c1-8(10(14)15-3)6-12-5-4-11(2)9(13)7-12/h8H,4-7H2,1-3H3. The molecule has 0 spiro atoms. The molecule has 0 saturated carbocycles. The molecule has 0 aliphatic carbocycles. The van der Waals surface area contributed by atoms with Gasteiger partial charge in [0.2, 0.25) is 5.91 Å². The lowest BCUT2D eigenvalue weighted by atomic mass is 10.1. The van der Waals surface area contributed by atoms with Crippen LogP contribution in [0.25, 0.3) is 0 Å². The molecule has 5 nitrogen and oxygen atoms in total. The molecule has 1 atom stereocenters. The number of carbonyl (C=O) groups is 2. The number of hydrogen-bond acceptors (Lipinski definition) is 4. The van der Waals surface area contributed by atoms with E-state index in [0.717, 1.165) is 13.1 Å². The number of rotatable bonds is 3. The molecule has 1 unspecified atom stereocenters. The number of nitrogens with zero attached hydrogens (tertiary/aromatic N) is 2. The Morgan fingerprint density at radius 3 is 2.73 bits per heavy atom. The maximum atomic E-state index is 11.4. The molecule has 1 amide bonds. The number of piperazine rings is 1. The van der Waals surface area contributed by atoms with Crippen molar-refractivity contribution in [3.05, 3.63) is 0 Å². The second-order valence-corrected chi connectivity index (χ2v) is 3.97. The number of esters is 1. The molecule has 0 bridgehead atoms. The second-order valence-electron chi connectivity index (χ2n) is 3.97. The fraction of sp³-hybridized carbons (Fsp3) is 0.800. The molecule has 1 rings (SSSR count). The number of hydrogen-bond donors (Lipinski definition) is 0. The molecule has 15 heavy (non-hydrogen) atoms. The van der Waals surface area contributed by atoms with Crippen LogP contribution in [0.5, 0.6) is 0 Å². The third-order valence-electron chi connectivity index (χ3n) is 2.67.